The maximum atomic E-state index is 13.4. The van der Waals surface area contributed by atoms with Crippen LogP contribution in [0.5, 0.6) is 0 Å². The molecule has 0 aliphatic heterocycles. The number of ketones is 1. The maximum Gasteiger partial charge on any atom is 0.501 e. The van der Waals surface area contributed by atoms with Crippen LogP contribution in [0.3, 0.4) is 0 Å². The molecule has 0 N–H and O–H groups in total. The molecule has 2 rings (SSSR count). The number of allylic oxidation sites excluding steroid dienone is 3. The highest BCUT2D eigenvalue weighted by Crippen LogP contribution is 2.43. The number of alkyl halides is 4. The van der Waals surface area contributed by atoms with E-state index in [0.29, 0.717) is 6.08 Å². The quantitative estimate of drug-likeness (QED) is 0.693. The molecule has 0 aromatic rings. The number of hydrogen-bond donors (Lipinski definition) is 0. The summed E-state index contributed by atoms with van der Waals surface area (Å²) in [4.78, 5) is 10.3. The van der Waals surface area contributed by atoms with E-state index >= 15 is 0 Å². The van der Waals surface area contributed by atoms with E-state index in [-0.39, 0.29) is 12.8 Å². The van der Waals surface area contributed by atoms with Gasteiger partial charge in [-0.2, -0.15) is 13.2 Å². The summed E-state index contributed by atoms with van der Waals surface area (Å²) in [5.41, 5.74) is -6.03. The number of fused-ring (bicyclic) bond motifs is 1. The number of sulfone groups is 1. The zero-order valence-electron chi connectivity index (χ0n) is 8.87. The predicted octanol–water partition coefficient (Wildman–Crippen LogP) is 2.06. The smallest absolute Gasteiger partial charge is 0.294 e. The Labute approximate surface area is 100 Å². The number of halogens is 4. The summed E-state index contributed by atoms with van der Waals surface area (Å²) < 4.78 is 73.3. The lowest BCUT2D eigenvalue weighted by atomic mass is 9.92. The fourth-order valence-corrected chi connectivity index (χ4v) is 3.23. The second-order valence-electron chi connectivity index (χ2n) is 4.10. The average Bonchev–Trinajstić information content (AvgIpc) is 2.60. The lowest BCUT2D eigenvalue weighted by Crippen LogP contribution is -2.29. The van der Waals surface area contributed by atoms with Crippen LogP contribution in [0.1, 0.15) is 12.8 Å². The van der Waals surface area contributed by atoms with E-state index in [9.17, 15) is 30.8 Å². The molecule has 2 unspecified atom stereocenters. The van der Waals surface area contributed by atoms with Crippen molar-refractivity contribution in [3.05, 3.63) is 22.6 Å². The van der Waals surface area contributed by atoms with Crippen molar-refractivity contribution in [2.45, 2.75) is 24.5 Å². The molecule has 0 heterocycles. The topological polar surface area (TPSA) is 51.2 Å². The fourth-order valence-electron chi connectivity index (χ4n) is 2.17. The van der Waals surface area contributed by atoms with Crippen molar-refractivity contribution in [1.29, 1.82) is 0 Å². The van der Waals surface area contributed by atoms with E-state index < -0.39 is 43.7 Å². The molecule has 8 heteroatoms. The van der Waals surface area contributed by atoms with Gasteiger partial charge >= 0.3 is 5.51 Å². The minimum Gasteiger partial charge on any atom is -0.294 e. The van der Waals surface area contributed by atoms with Crippen LogP contribution in [0.4, 0.5) is 17.6 Å². The van der Waals surface area contributed by atoms with Crippen LogP contribution >= 0.6 is 0 Å². The van der Waals surface area contributed by atoms with E-state index in [0.717, 1.165) is 6.08 Å². The highest BCUT2D eigenvalue weighted by Gasteiger charge is 2.51. The van der Waals surface area contributed by atoms with Gasteiger partial charge in [-0.25, -0.2) is 12.8 Å². The molecular weight excluding hydrogens is 276 g/mol. The molecule has 2 aliphatic rings. The van der Waals surface area contributed by atoms with Gasteiger partial charge in [0.05, 0.1) is 4.91 Å². The highest BCUT2D eigenvalue weighted by atomic mass is 32.2. The minimum atomic E-state index is -5.60. The first-order valence-corrected chi connectivity index (χ1v) is 6.55. The molecule has 0 radical (unpaired) electrons. The number of rotatable bonds is 1. The molecule has 0 saturated heterocycles. The van der Waals surface area contributed by atoms with Crippen molar-refractivity contribution in [2.24, 2.45) is 5.92 Å². The Balaban J connectivity index is 2.63. The monoisotopic (exact) mass is 284 g/mol. The summed E-state index contributed by atoms with van der Waals surface area (Å²) in [5, 5.41) is 0. The van der Waals surface area contributed by atoms with Gasteiger partial charge in [-0.15, -0.1) is 0 Å². The van der Waals surface area contributed by atoms with Gasteiger partial charge in [0, 0.05) is 17.9 Å². The Morgan fingerprint density at radius 3 is 2.44 bits per heavy atom. The third-order valence-corrected chi connectivity index (χ3v) is 4.57. The van der Waals surface area contributed by atoms with E-state index in [1.807, 2.05) is 0 Å². The summed E-state index contributed by atoms with van der Waals surface area (Å²) in [7, 11) is -5.60. The Morgan fingerprint density at radius 1 is 1.28 bits per heavy atom. The van der Waals surface area contributed by atoms with Crippen LogP contribution in [0.25, 0.3) is 0 Å². The maximum absolute atomic E-state index is 13.4. The van der Waals surface area contributed by atoms with Gasteiger partial charge in [-0.05, 0) is 18.6 Å². The Hall–Kier alpha value is -1.18. The molecule has 0 aromatic carbocycles. The Morgan fingerprint density at radius 2 is 1.89 bits per heavy atom. The average molecular weight is 284 g/mol. The largest absolute Gasteiger partial charge is 0.501 e. The predicted molar refractivity (Wildman–Crippen MR) is 53.8 cm³/mol. The molecule has 0 spiro atoms. The van der Waals surface area contributed by atoms with Gasteiger partial charge in [-0.1, -0.05) is 0 Å². The van der Waals surface area contributed by atoms with E-state index in [1.165, 1.54) is 0 Å². The van der Waals surface area contributed by atoms with Gasteiger partial charge in [0.1, 0.15) is 6.17 Å². The number of carbonyl (C=O) groups is 1. The van der Waals surface area contributed by atoms with Gasteiger partial charge in [-0.3, -0.25) is 4.79 Å². The van der Waals surface area contributed by atoms with Crippen LogP contribution in [0, 0.1) is 5.92 Å². The van der Waals surface area contributed by atoms with E-state index in [4.69, 9.17) is 0 Å². The lowest BCUT2D eigenvalue weighted by Gasteiger charge is -2.21. The Kier molecular flexibility index (Phi) is 2.88. The van der Waals surface area contributed by atoms with Crippen LogP contribution in [-0.2, 0) is 14.6 Å². The first-order chi connectivity index (χ1) is 8.16. The number of carbonyl (C=O) groups excluding carboxylic acids is 1. The van der Waals surface area contributed by atoms with Crippen molar-refractivity contribution < 1.29 is 30.8 Å². The summed E-state index contributed by atoms with van der Waals surface area (Å²) in [6.07, 6.45) is -0.401. The molecule has 0 amide bonds. The molecule has 2 aliphatic carbocycles. The normalized spacial score (nSPS) is 28.8. The summed E-state index contributed by atoms with van der Waals surface area (Å²) in [6, 6.07) is 0. The number of hydrogen-bond acceptors (Lipinski definition) is 3. The van der Waals surface area contributed by atoms with Crippen molar-refractivity contribution in [1.82, 2.24) is 0 Å². The van der Waals surface area contributed by atoms with Gasteiger partial charge < -0.3 is 0 Å². The summed E-state index contributed by atoms with van der Waals surface area (Å²) in [6.45, 7) is 0. The number of Topliss-reactive ketones (excluding diaryl/α,β-unsaturated/α-hetero) is 1. The fraction of sp³-hybridized carbons (Fsp3) is 0.500. The highest BCUT2D eigenvalue weighted by molar-refractivity contribution is 7.96. The molecular formula is C10H8F4O3S. The van der Waals surface area contributed by atoms with Gasteiger partial charge in [0.2, 0.25) is 0 Å². The van der Waals surface area contributed by atoms with Crippen LogP contribution in [0.15, 0.2) is 22.6 Å². The summed E-state index contributed by atoms with van der Waals surface area (Å²) >= 11 is 0. The third-order valence-electron chi connectivity index (χ3n) is 3.03. The van der Waals surface area contributed by atoms with Crippen molar-refractivity contribution in [3.63, 3.8) is 0 Å². The first-order valence-electron chi connectivity index (χ1n) is 5.07. The van der Waals surface area contributed by atoms with Gasteiger partial charge in [0.15, 0.2) is 5.78 Å². The SMILES string of the molecule is O=C1CCC2C1=C(S(=O)(=O)C(F)(F)F)C=CC2F. The zero-order chi connectivity index (χ0) is 13.7. The lowest BCUT2D eigenvalue weighted by molar-refractivity contribution is -0.114. The molecule has 2 atom stereocenters. The second-order valence-corrected chi connectivity index (χ2v) is 6.01. The Bertz CT molecular complexity index is 556. The molecule has 0 aromatic heterocycles. The molecule has 0 bridgehead atoms. The third kappa shape index (κ3) is 1.79. The molecule has 1 saturated carbocycles. The van der Waals surface area contributed by atoms with Crippen molar-refractivity contribution in [2.75, 3.05) is 0 Å². The van der Waals surface area contributed by atoms with Gasteiger partial charge in [0.25, 0.3) is 9.84 Å². The van der Waals surface area contributed by atoms with Crippen LogP contribution in [0.2, 0.25) is 0 Å². The van der Waals surface area contributed by atoms with E-state index in [2.05, 4.69) is 0 Å². The molecule has 1 fully saturated rings. The molecule has 18 heavy (non-hydrogen) atoms. The standard InChI is InChI=1S/C10H8F4O3S/c11-6-2-4-8(18(16,17)10(12,13)14)9-5(6)1-3-7(9)15/h2,4-6H,1,3H2. The van der Waals surface area contributed by atoms with E-state index in [1.54, 1.807) is 0 Å². The van der Waals surface area contributed by atoms with Crippen LogP contribution in [-0.4, -0.2) is 25.9 Å². The van der Waals surface area contributed by atoms with Crippen LogP contribution < -0.4 is 0 Å². The van der Waals surface area contributed by atoms with Crippen molar-refractivity contribution in [3.8, 4) is 0 Å². The minimum absolute atomic E-state index is 0.0382. The molecule has 3 nitrogen and oxygen atoms in total. The molecule has 100 valence electrons. The second kappa shape index (κ2) is 3.91. The van der Waals surface area contributed by atoms with Crippen molar-refractivity contribution >= 4 is 15.6 Å². The summed E-state index contributed by atoms with van der Waals surface area (Å²) in [5.74, 6) is -1.80. The first kappa shape index (κ1) is 13.3. The zero-order valence-corrected chi connectivity index (χ0v) is 9.68.